The molecule has 0 radical (unpaired) electrons. The number of nitrogens with zero attached hydrogens (tertiary/aromatic N) is 2. The van der Waals surface area contributed by atoms with Gasteiger partial charge in [-0.25, -0.2) is 18.6 Å². The molecule has 7 heteroatoms. The van der Waals surface area contributed by atoms with Crippen LogP contribution in [0.15, 0.2) is 158 Å². The lowest BCUT2D eigenvalue weighted by molar-refractivity contribution is -2.00. The van der Waals surface area contributed by atoms with Crippen LogP contribution in [0.4, 0.5) is 11.4 Å². The molecule has 1 aromatic heterocycles. The molecule has 0 spiro atoms. The number of pyridine rings is 1. The Morgan fingerprint density at radius 3 is 2.12 bits per heavy atom. The van der Waals surface area contributed by atoms with Crippen LogP contribution < -0.4 is 28.1 Å². The van der Waals surface area contributed by atoms with E-state index in [-0.39, 0.29) is 0 Å². The van der Waals surface area contributed by atoms with Crippen molar-refractivity contribution in [3.63, 3.8) is 0 Å². The van der Waals surface area contributed by atoms with Crippen LogP contribution in [0.2, 0.25) is 0 Å². The topological polar surface area (TPSA) is 99.4 Å². The van der Waals surface area contributed by atoms with E-state index in [9.17, 15) is 0 Å². The molecule has 0 unspecified atom stereocenters. The van der Waals surface area contributed by atoms with Gasteiger partial charge in [0.25, 0.3) is 0 Å². The minimum absolute atomic E-state index is 1.16. The van der Waals surface area contributed by atoms with Crippen LogP contribution in [0.5, 0.6) is 0 Å². The third-order valence-corrected chi connectivity index (χ3v) is 6.88. The fourth-order valence-corrected chi connectivity index (χ4v) is 4.92. The predicted octanol–water partition coefficient (Wildman–Crippen LogP) is 4.07. The van der Waals surface area contributed by atoms with Crippen molar-refractivity contribution in [1.82, 2.24) is 0 Å². The average Bonchev–Trinajstić information content (AvgIpc) is 3.02. The Morgan fingerprint density at radius 2 is 1.37 bits per heavy atom. The zero-order chi connectivity index (χ0) is 30.2. The molecule has 0 amide bonds. The number of hydrogen-bond acceptors (Lipinski definition) is 5. The summed E-state index contributed by atoms with van der Waals surface area (Å²) >= 11 is 0. The SMILES string of the molecule is CC(C=Cc1cc[n+](-c2ccccc2)c2ccccc12)=CC=C1C=CN(c2ccccc2)c2ccccc21.[O-][Cl+3]([O-])([O-])[O-]. The smallest absolute Gasteiger partial charge is 0.219 e. The standard InChI is InChI=1S/C36H29N2.ClHO4/c1-28(20-22-29-24-26-37(31-12-4-2-5-13-31)35-18-10-8-16-33(29)35)21-23-30-25-27-38(32-14-6-3-7-15-32)36-19-11-9-17-34(30)36;2-1(3,4)5/h2-27H,1H3;(H,2,3,4,5)/q+1;/p-1. The zero-order valence-electron chi connectivity index (χ0n) is 23.4. The van der Waals surface area contributed by atoms with Crippen LogP contribution in [0.3, 0.4) is 0 Å². The highest BCUT2D eigenvalue weighted by molar-refractivity contribution is 5.90. The van der Waals surface area contributed by atoms with Gasteiger partial charge in [0.05, 0.1) is 11.1 Å². The Kier molecular flexibility index (Phi) is 9.27. The van der Waals surface area contributed by atoms with E-state index >= 15 is 0 Å². The molecular formula is C36H29ClN2O4. The molecule has 0 atom stereocenters. The molecule has 214 valence electrons. The van der Waals surface area contributed by atoms with Crippen LogP contribution in [0.1, 0.15) is 18.1 Å². The number of anilines is 2. The number of para-hydroxylation sites is 4. The van der Waals surface area contributed by atoms with Crippen LogP contribution in [0.25, 0.3) is 28.2 Å². The molecule has 0 saturated carbocycles. The van der Waals surface area contributed by atoms with E-state index in [4.69, 9.17) is 18.6 Å². The molecule has 2 heterocycles. The Bertz CT molecular complexity index is 1820. The first-order chi connectivity index (χ1) is 20.8. The van der Waals surface area contributed by atoms with E-state index < -0.39 is 10.2 Å². The highest BCUT2D eigenvalue weighted by Gasteiger charge is 2.17. The molecule has 5 aromatic rings. The normalized spacial score (nSPS) is 14.1. The summed E-state index contributed by atoms with van der Waals surface area (Å²) in [6.45, 7) is 2.15. The summed E-state index contributed by atoms with van der Waals surface area (Å²) < 4.78 is 36.2. The van der Waals surface area contributed by atoms with Crippen molar-refractivity contribution in [2.24, 2.45) is 0 Å². The summed E-state index contributed by atoms with van der Waals surface area (Å²) in [6.07, 6.45) is 15.3. The van der Waals surface area contributed by atoms with Gasteiger partial charge in [0.2, 0.25) is 11.2 Å². The van der Waals surface area contributed by atoms with Crippen molar-refractivity contribution < 1.29 is 33.4 Å². The quantitative estimate of drug-likeness (QED) is 0.228. The van der Waals surface area contributed by atoms with Crippen molar-refractivity contribution in [2.45, 2.75) is 6.92 Å². The summed E-state index contributed by atoms with van der Waals surface area (Å²) in [5.41, 5.74) is 9.53. The fraction of sp³-hybridized carbons (Fsp3) is 0.0278. The third kappa shape index (κ3) is 7.72. The Balaban J connectivity index is 0.000000682. The second-order valence-electron chi connectivity index (χ2n) is 9.78. The molecule has 4 aromatic carbocycles. The molecule has 0 N–H and O–H groups in total. The second kappa shape index (κ2) is 13.4. The predicted molar refractivity (Wildman–Crippen MR) is 160 cm³/mol. The Labute approximate surface area is 253 Å². The van der Waals surface area contributed by atoms with Gasteiger partial charge in [-0.3, -0.25) is 0 Å². The van der Waals surface area contributed by atoms with Crippen LogP contribution in [0, 0.1) is 10.2 Å². The van der Waals surface area contributed by atoms with E-state index in [2.05, 4.69) is 174 Å². The molecule has 0 aliphatic carbocycles. The first-order valence-electron chi connectivity index (χ1n) is 13.6. The minimum Gasteiger partial charge on any atom is -0.317 e. The molecule has 0 fully saturated rings. The molecule has 6 rings (SSSR count). The first kappa shape index (κ1) is 29.7. The minimum atomic E-state index is -4.94. The van der Waals surface area contributed by atoms with Crippen molar-refractivity contribution in [3.8, 4) is 5.69 Å². The highest BCUT2D eigenvalue weighted by atomic mass is 35.7. The number of allylic oxidation sites excluding steroid dienone is 6. The maximum Gasteiger partial charge on any atom is 0.219 e. The van der Waals surface area contributed by atoms with Crippen molar-refractivity contribution in [1.29, 1.82) is 0 Å². The average molecular weight is 589 g/mol. The molecule has 6 nitrogen and oxygen atoms in total. The Morgan fingerprint density at radius 1 is 0.744 bits per heavy atom. The highest BCUT2D eigenvalue weighted by Crippen LogP contribution is 2.37. The van der Waals surface area contributed by atoms with Crippen LogP contribution in [-0.2, 0) is 0 Å². The lowest BCUT2D eigenvalue weighted by Gasteiger charge is -2.27. The van der Waals surface area contributed by atoms with Crippen LogP contribution >= 0.6 is 0 Å². The number of fused-ring (bicyclic) bond motifs is 2. The molecule has 0 bridgehead atoms. The zero-order valence-corrected chi connectivity index (χ0v) is 24.2. The monoisotopic (exact) mass is 588 g/mol. The lowest BCUT2D eigenvalue weighted by atomic mass is 9.98. The maximum atomic E-state index is 8.49. The maximum absolute atomic E-state index is 8.49. The van der Waals surface area contributed by atoms with E-state index in [1.807, 2.05) is 0 Å². The van der Waals surface area contributed by atoms with E-state index in [1.165, 1.54) is 38.9 Å². The summed E-state index contributed by atoms with van der Waals surface area (Å²) in [5, 5.41) is 1.23. The largest absolute Gasteiger partial charge is 0.317 e. The van der Waals surface area contributed by atoms with Crippen molar-refractivity contribution >= 4 is 33.9 Å². The van der Waals surface area contributed by atoms with Gasteiger partial charge in [0, 0.05) is 41.7 Å². The Hall–Kier alpha value is -4.82. The van der Waals surface area contributed by atoms with Crippen molar-refractivity contribution in [2.75, 3.05) is 4.90 Å². The number of aromatic nitrogens is 1. The first-order valence-corrected chi connectivity index (χ1v) is 14.8. The van der Waals surface area contributed by atoms with Gasteiger partial charge < -0.3 is 4.90 Å². The van der Waals surface area contributed by atoms with Gasteiger partial charge in [-0.15, -0.1) is 10.2 Å². The number of benzene rings is 4. The molecule has 0 saturated heterocycles. The lowest BCUT2D eigenvalue weighted by Crippen LogP contribution is -2.68. The van der Waals surface area contributed by atoms with Gasteiger partial charge in [-0.2, -0.15) is 4.57 Å². The van der Waals surface area contributed by atoms with Gasteiger partial charge in [-0.1, -0.05) is 96.6 Å². The number of halogens is 1. The molecule has 1 aliphatic rings. The van der Waals surface area contributed by atoms with E-state index in [0.717, 1.165) is 11.4 Å². The summed E-state index contributed by atoms with van der Waals surface area (Å²) in [5.74, 6) is 0. The molecule has 1 aliphatic heterocycles. The number of hydrogen-bond donors (Lipinski definition) is 0. The van der Waals surface area contributed by atoms with Gasteiger partial charge in [0.1, 0.15) is 0 Å². The van der Waals surface area contributed by atoms with E-state index in [0.29, 0.717) is 0 Å². The van der Waals surface area contributed by atoms with Gasteiger partial charge >= 0.3 is 0 Å². The fourth-order valence-electron chi connectivity index (χ4n) is 4.92. The van der Waals surface area contributed by atoms with Gasteiger partial charge in [-0.05, 0) is 48.4 Å². The number of rotatable bonds is 5. The molecule has 43 heavy (non-hydrogen) atoms. The van der Waals surface area contributed by atoms with Gasteiger partial charge in [0.15, 0.2) is 6.20 Å². The second-order valence-corrected chi connectivity index (χ2v) is 10.5. The summed E-state index contributed by atoms with van der Waals surface area (Å²) in [6, 6.07) is 40.3. The van der Waals surface area contributed by atoms with Crippen molar-refractivity contribution in [3.05, 3.63) is 169 Å². The van der Waals surface area contributed by atoms with Crippen LogP contribution in [-0.4, -0.2) is 0 Å². The molecular weight excluding hydrogens is 560 g/mol. The summed E-state index contributed by atoms with van der Waals surface area (Å²) in [4.78, 5) is 2.24. The van der Waals surface area contributed by atoms with E-state index in [1.54, 1.807) is 0 Å². The third-order valence-electron chi connectivity index (χ3n) is 6.88. The summed E-state index contributed by atoms with van der Waals surface area (Å²) in [7, 11) is -4.94.